The Kier molecular flexibility index (Phi) is 2.96. The SMILES string of the molecule is c1ccc(-n2cnc3cc(-c4nc5ccccc5s4)ccc32)cc1. The minimum atomic E-state index is 0.982. The standard InChI is InChI=1S/C20H13N3S/c1-2-6-15(7-3-1)23-13-21-17-12-14(10-11-18(17)23)20-22-16-8-4-5-9-19(16)24-20/h1-13H. The molecule has 3 aromatic carbocycles. The second-order valence-electron chi connectivity index (χ2n) is 5.64. The molecule has 114 valence electrons. The van der Waals surface area contributed by atoms with Crippen LogP contribution in [0, 0.1) is 0 Å². The number of imidazole rings is 1. The molecule has 0 atom stereocenters. The summed E-state index contributed by atoms with van der Waals surface area (Å²) in [5.74, 6) is 0. The second-order valence-corrected chi connectivity index (χ2v) is 6.67. The van der Waals surface area contributed by atoms with Crippen LogP contribution in [0.3, 0.4) is 0 Å². The molecule has 24 heavy (non-hydrogen) atoms. The summed E-state index contributed by atoms with van der Waals surface area (Å²) in [6.07, 6.45) is 1.88. The van der Waals surface area contributed by atoms with Gasteiger partial charge in [-0.2, -0.15) is 0 Å². The van der Waals surface area contributed by atoms with E-state index in [-0.39, 0.29) is 0 Å². The van der Waals surface area contributed by atoms with Gasteiger partial charge in [-0.25, -0.2) is 9.97 Å². The molecule has 2 heterocycles. The fourth-order valence-electron chi connectivity index (χ4n) is 2.94. The molecule has 0 aliphatic carbocycles. The monoisotopic (exact) mass is 327 g/mol. The average molecular weight is 327 g/mol. The van der Waals surface area contributed by atoms with Gasteiger partial charge in [0.05, 0.1) is 21.3 Å². The quantitative estimate of drug-likeness (QED) is 0.440. The molecule has 4 heteroatoms. The summed E-state index contributed by atoms with van der Waals surface area (Å²) >= 11 is 1.72. The summed E-state index contributed by atoms with van der Waals surface area (Å²) in [5.41, 5.74) is 5.36. The maximum absolute atomic E-state index is 4.74. The first-order chi connectivity index (χ1) is 11.9. The highest BCUT2D eigenvalue weighted by atomic mass is 32.1. The fraction of sp³-hybridized carbons (Fsp3) is 0. The Morgan fingerprint density at radius 3 is 2.50 bits per heavy atom. The van der Waals surface area contributed by atoms with Crippen molar-refractivity contribution < 1.29 is 0 Å². The van der Waals surface area contributed by atoms with E-state index in [4.69, 9.17) is 4.98 Å². The minimum Gasteiger partial charge on any atom is -0.299 e. The Labute approximate surface area is 142 Å². The topological polar surface area (TPSA) is 30.7 Å². The third-order valence-electron chi connectivity index (χ3n) is 4.12. The Bertz CT molecular complexity index is 1120. The van der Waals surface area contributed by atoms with Crippen LogP contribution in [0.25, 0.3) is 37.5 Å². The zero-order valence-electron chi connectivity index (χ0n) is 12.8. The second kappa shape index (κ2) is 5.28. The number of fused-ring (bicyclic) bond motifs is 2. The number of hydrogen-bond donors (Lipinski definition) is 0. The van der Waals surface area contributed by atoms with E-state index >= 15 is 0 Å². The summed E-state index contributed by atoms with van der Waals surface area (Å²) in [5, 5.41) is 1.03. The zero-order valence-corrected chi connectivity index (χ0v) is 13.6. The largest absolute Gasteiger partial charge is 0.299 e. The average Bonchev–Trinajstić information content (AvgIpc) is 3.26. The van der Waals surface area contributed by atoms with Gasteiger partial charge in [0.2, 0.25) is 0 Å². The predicted molar refractivity (Wildman–Crippen MR) is 99.7 cm³/mol. The van der Waals surface area contributed by atoms with Gasteiger partial charge in [-0.3, -0.25) is 4.57 Å². The number of para-hydroxylation sites is 2. The molecule has 0 aliphatic rings. The van der Waals surface area contributed by atoms with E-state index in [1.165, 1.54) is 4.70 Å². The molecule has 3 nitrogen and oxygen atoms in total. The number of hydrogen-bond acceptors (Lipinski definition) is 3. The molecule has 5 rings (SSSR count). The van der Waals surface area contributed by atoms with Crippen LogP contribution >= 0.6 is 11.3 Å². The van der Waals surface area contributed by atoms with Crippen LogP contribution in [-0.2, 0) is 0 Å². The van der Waals surface area contributed by atoms with Crippen molar-refractivity contribution in [3.63, 3.8) is 0 Å². The van der Waals surface area contributed by atoms with Crippen LogP contribution < -0.4 is 0 Å². The first-order valence-electron chi connectivity index (χ1n) is 7.77. The van der Waals surface area contributed by atoms with Gasteiger partial charge < -0.3 is 0 Å². The van der Waals surface area contributed by atoms with Crippen molar-refractivity contribution in [2.75, 3.05) is 0 Å². The Balaban J connectivity index is 1.64. The molecule has 0 bridgehead atoms. The lowest BCUT2D eigenvalue weighted by atomic mass is 10.2. The molecular weight excluding hydrogens is 314 g/mol. The molecule has 0 aliphatic heterocycles. The Morgan fingerprint density at radius 2 is 1.62 bits per heavy atom. The van der Waals surface area contributed by atoms with Gasteiger partial charge in [-0.15, -0.1) is 11.3 Å². The van der Waals surface area contributed by atoms with Crippen LogP contribution in [0.15, 0.2) is 79.1 Å². The van der Waals surface area contributed by atoms with E-state index in [9.17, 15) is 0 Å². The van der Waals surface area contributed by atoms with Crippen molar-refractivity contribution >= 4 is 32.6 Å². The molecule has 0 N–H and O–H groups in total. The predicted octanol–water partition coefficient (Wildman–Crippen LogP) is 5.30. The maximum Gasteiger partial charge on any atom is 0.124 e. The van der Waals surface area contributed by atoms with E-state index in [2.05, 4.69) is 58.1 Å². The molecule has 2 aromatic heterocycles. The number of benzene rings is 3. The maximum atomic E-state index is 4.74. The zero-order chi connectivity index (χ0) is 15.9. The molecular formula is C20H13N3S. The summed E-state index contributed by atoms with van der Waals surface area (Å²) in [6.45, 7) is 0. The first kappa shape index (κ1) is 13.5. The number of aromatic nitrogens is 3. The molecule has 0 saturated carbocycles. The van der Waals surface area contributed by atoms with Gasteiger partial charge in [0.1, 0.15) is 11.3 Å². The summed E-state index contributed by atoms with van der Waals surface area (Å²) in [7, 11) is 0. The van der Waals surface area contributed by atoms with Crippen LogP contribution in [0.4, 0.5) is 0 Å². The van der Waals surface area contributed by atoms with Crippen LogP contribution in [0.5, 0.6) is 0 Å². The summed E-state index contributed by atoms with van der Waals surface area (Å²) < 4.78 is 3.32. The smallest absolute Gasteiger partial charge is 0.124 e. The van der Waals surface area contributed by atoms with Crippen molar-refractivity contribution in [2.45, 2.75) is 0 Å². The van der Waals surface area contributed by atoms with E-state index in [1.807, 2.05) is 30.6 Å². The minimum absolute atomic E-state index is 0.982. The van der Waals surface area contributed by atoms with E-state index in [0.717, 1.165) is 32.8 Å². The molecule has 0 radical (unpaired) electrons. The third kappa shape index (κ3) is 2.12. The molecule has 0 amide bonds. The van der Waals surface area contributed by atoms with Gasteiger partial charge in [0.25, 0.3) is 0 Å². The summed E-state index contributed by atoms with van der Waals surface area (Å²) in [6, 6.07) is 24.9. The van der Waals surface area contributed by atoms with Crippen LogP contribution in [-0.4, -0.2) is 14.5 Å². The molecule has 0 spiro atoms. The van der Waals surface area contributed by atoms with Gasteiger partial charge in [0.15, 0.2) is 0 Å². The van der Waals surface area contributed by atoms with E-state index < -0.39 is 0 Å². The van der Waals surface area contributed by atoms with Crippen molar-refractivity contribution in [3.05, 3.63) is 79.1 Å². The number of nitrogens with zero attached hydrogens (tertiary/aromatic N) is 3. The van der Waals surface area contributed by atoms with Crippen LogP contribution in [0.1, 0.15) is 0 Å². The van der Waals surface area contributed by atoms with E-state index in [1.54, 1.807) is 11.3 Å². The fourth-order valence-corrected chi connectivity index (χ4v) is 3.90. The molecule has 0 saturated heterocycles. The van der Waals surface area contributed by atoms with Crippen molar-refractivity contribution in [2.24, 2.45) is 0 Å². The number of thiazole rings is 1. The highest BCUT2D eigenvalue weighted by molar-refractivity contribution is 7.21. The van der Waals surface area contributed by atoms with Crippen molar-refractivity contribution in [3.8, 4) is 16.3 Å². The Hall–Kier alpha value is -2.98. The summed E-state index contributed by atoms with van der Waals surface area (Å²) in [4.78, 5) is 9.31. The first-order valence-corrected chi connectivity index (χ1v) is 8.59. The van der Waals surface area contributed by atoms with Crippen molar-refractivity contribution in [1.82, 2.24) is 14.5 Å². The van der Waals surface area contributed by atoms with Gasteiger partial charge in [0, 0.05) is 11.3 Å². The lowest BCUT2D eigenvalue weighted by Crippen LogP contribution is -1.90. The van der Waals surface area contributed by atoms with Gasteiger partial charge >= 0.3 is 0 Å². The lowest BCUT2D eigenvalue weighted by Gasteiger charge is -2.04. The van der Waals surface area contributed by atoms with Gasteiger partial charge in [-0.1, -0.05) is 30.3 Å². The van der Waals surface area contributed by atoms with Gasteiger partial charge in [-0.05, 0) is 42.5 Å². The van der Waals surface area contributed by atoms with E-state index in [0.29, 0.717) is 0 Å². The normalized spacial score (nSPS) is 11.3. The molecule has 5 aromatic rings. The lowest BCUT2D eigenvalue weighted by molar-refractivity contribution is 1.09. The third-order valence-corrected chi connectivity index (χ3v) is 5.21. The van der Waals surface area contributed by atoms with Crippen LogP contribution in [0.2, 0.25) is 0 Å². The highest BCUT2D eigenvalue weighted by Crippen LogP contribution is 2.31. The number of rotatable bonds is 2. The highest BCUT2D eigenvalue weighted by Gasteiger charge is 2.09. The van der Waals surface area contributed by atoms with Crippen molar-refractivity contribution in [1.29, 1.82) is 0 Å². The molecule has 0 unspecified atom stereocenters. The molecule has 0 fully saturated rings. The Morgan fingerprint density at radius 1 is 0.792 bits per heavy atom.